The second-order valence-corrected chi connectivity index (χ2v) is 4.65. The average molecular weight is 232 g/mol. The number of rotatable bonds is 3. The SMILES string of the molecule is CCC1C(=O)N(Cc2ccccc2)CCN1C. The first-order valence-electron chi connectivity index (χ1n) is 6.25. The molecule has 2 rings (SSSR count). The molecule has 1 unspecified atom stereocenters. The zero-order chi connectivity index (χ0) is 12.3. The van der Waals surface area contributed by atoms with Gasteiger partial charge in [0.15, 0.2) is 0 Å². The fourth-order valence-corrected chi connectivity index (χ4v) is 2.39. The van der Waals surface area contributed by atoms with Crippen LogP contribution in [0, 0.1) is 0 Å². The van der Waals surface area contributed by atoms with E-state index >= 15 is 0 Å². The third-order valence-electron chi connectivity index (χ3n) is 3.45. The largest absolute Gasteiger partial charge is 0.336 e. The van der Waals surface area contributed by atoms with Crippen molar-refractivity contribution in [1.29, 1.82) is 0 Å². The molecule has 0 spiro atoms. The van der Waals surface area contributed by atoms with Crippen LogP contribution in [-0.2, 0) is 11.3 Å². The summed E-state index contributed by atoms with van der Waals surface area (Å²) in [5.74, 6) is 0.269. The molecular formula is C14H20N2O. The van der Waals surface area contributed by atoms with Crippen LogP contribution in [0.25, 0.3) is 0 Å². The minimum Gasteiger partial charge on any atom is -0.336 e. The van der Waals surface area contributed by atoms with Crippen molar-refractivity contribution in [3.63, 3.8) is 0 Å². The molecule has 92 valence electrons. The van der Waals surface area contributed by atoms with Crippen molar-refractivity contribution in [2.24, 2.45) is 0 Å². The van der Waals surface area contributed by atoms with Crippen LogP contribution < -0.4 is 0 Å². The zero-order valence-corrected chi connectivity index (χ0v) is 10.6. The van der Waals surface area contributed by atoms with Crippen LogP contribution in [0.5, 0.6) is 0 Å². The second-order valence-electron chi connectivity index (χ2n) is 4.65. The van der Waals surface area contributed by atoms with Gasteiger partial charge in [0.05, 0.1) is 6.04 Å². The summed E-state index contributed by atoms with van der Waals surface area (Å²) in [4.78, 5) is 16.4. The van der Waals surface area contributed by atoms with Gasteiger partial charge in [-0.15, -0.1) is 0 Å². The molecule has 3 heteroatoms. The number of carbonyl (C=O) groups is 1. The molecule has 0 aliphatic carbocycles. The number of hydrogen-bond acceptors (Lipinski definition) is 2. The molecule has 1 aliphatic heterocycles. The summed E-state index contributed by atoms with van der Waals surface area (Å²) >= 11 is 0. The molecule has 1 saturated heterocycles. The van der Waals surface area contributed by atoms with Crippen LogP contribution in [0.15, 0.2) is 30.3 Å². The molecule has 0 saturated carbocycles. The van der Waals surface area contributed by atoms with E-state index in [0.717, 1.165) is 26.1 Å². The first-order valence-corrected chi connectivity index (χ1v) is 6.25. The Hall–Kier alpha value is -1.35. The van der Waals surface area contributed by atoms with Crippen LogP contribution in [-0.4, -0.2) is 41.9 Å². The predicted molar refractivity (Wildman–Crippen MR) is 68.6 cm³/mol. The molecule has 3 nitrogen and oxygen atoms in total. The summed E-state index contributed by atoms with van der Waals surface area (Å²) in [6.07, 6.45) is 0.890. The highest BCUT2D eigenvalue weighted by Gasteiger charge is 2.30. The minimum absolute atomic E-state index is 0.0625. The van der Waals surface area contributed by atoms with Gasteiger partial charge in [-0.3, -0.25) is 9.69 Å². The number of benzene rings is 1. The molecule has 1 aromatic rings. The second kappa shape index (κ2) is 5.32. The summed E-state index contributed by atoms with van der Waals surface area (Å²) in [5.41, 5.74) is 1.21. The fourth-order valence-electron chi connectivity index (χ4n) is 2.39. The maximum Gasteiger partial charge on any atom is 0.240 e. The first kappa shape index (κ1) is 12.1. The standard InChI is InChI=1S/C14H20N2O/c1-3-13-14(17)16(10-9-15(13)2)11-12-7-5-4-6-8-12/h4-8,13H,3,9-11H2,1-2H3. The van der Waals surface area contributed by atoms with Crippen LogP contribution >= 0.6 is 0 Å². The highest BCUT2D eigenvalue weighted by molar-refractivity contribution is 5.82. The topological polar surface area (TPSA) is 23.6 Å². The quantitative estimate of drug-likeness (QED) is 0.792. The lowest BCUT2D eigenvalue weighted by Gasteiger charge is -2.38. The summed E-state index contributed by atoms with van der Waals surface area (Å²) in [5, 5.41) is 0. The third kappa shape index (κ3) is 2.67. The Labute approximate surface area is 103 Å². The van der Waals surface area contributed by atoms with Crippen LogP contribution in [0.3, 0.4) is 0 Å². The Bertz CT molecular complexity index is 377. The summed E-state index contributed by atoms with van der Waals surface area (Å²) in [7, 11) is 2.03. The van der Waals surface area contributed by atoms with Crippen molar-refractivity contribution in [3.8, 4) is 0 Å². The van der Waals surface area contributed by atoms with Gasteiger partial charge < -0.3 is 4.90 Å². The average Bonchev–Trinajstić information content (AvgIpc) is 2.35. The van der Waals surface area contributed by atoms with Gasteiger partial charge in [-0.25, -0.2) is 0 Å². The zero-order valence-electron chi connectivity index (χ0n) is 10.6. The molecule has 1 atom stereocenters. The fraction of sp³-hybridized carbons (Fsp3) is 0.500. The number of piperazine rings is 1. The molecule has 0 bridgehead atoms. The summed E-state index contributed by atoms with van der Waals surface area (Å²) in [6, 6.07) is 10.3. The van der Waals surface area contributed by atoms with Crippen LogP contribution in [0.1, 0.15) is 18.9 Å². The number of hydrogen-bond donors (Lipinski definition) is 0. The smallest absolute Gasteiger partial charge is 0.240 e. The number of likely N-dealkylation sites (N-methyl/N-ethyl adjacent to an activating group) is 1. The van der Waals surface area contributed by atoms with Gasteiger partial charge >= 0.3 is 0 Å². The van der Waals surface area contributed by atoms with Crippen molar-refractivity contribution in [3.05, 3.63) is 35.9 Å². The van der Waals surface area contributed by atoms with Gasteiger partial charge in [0.2, 0.25) is 5.91 Å². The van der Waals surface area contributed by atoms with Crippen LogP contribution in [0.4, 0.5) is 0 Å². The molecule has 0 radical (unpaired) electrons. The first-order chi connectivity index (χ1) is 8.22. The molecule has 0 aromatic heterocycles. The van der Waals surface area contributed by atoms with E-state index in [-0.39, 0.29) is 11.9 Å². The van der Waals surface area contributed by atoms with E-state index in [4.69, 9.17) is 0 Å². The van der Waals surface area contributed by atoms with E-state index in [1.54, 1.807) is 0 Å². The van der Waals surface area contributed by atoms with Gasteiger partial charge in [0.1, 0.15) is 0 Å². The number of nitrogens with zero attached hydrogens (tertiary/aromatic N) is 2. The van der Waals surface area contributed by atoms with E-state index in [1.165, 1.54) is 5.56 Å². The van der Waals surface area contributed by atoms with E-state index < -0.39 is 0 Å². The Morgan fingerprint density at radius 2 is 1.94 bits per heavy atom. The maximum absolute atomic E-state index is 12.3. The highest BCUT2D eigenvalue weighted by Crippen LogP contribution is 2.15. The van der Waals surface area contributed by atoms with Crippen LogP contribution in [0.2, 0.25) is 0 Å². The molecule has 1 aromatic carbocycles. The van der Waals surface area contributed by atoms with E-state index in [0.29, 0.717) is 0 Å². The lowest BCUT2D eigenvalue weighted by molar-refractivity contribution is -0.141. The van der Waals surface area contributed by atoms with Crippen molar-refractivity contribution >= 4 is 5.91 Å². The Balaban J connectivity index is 2.05. The lowest BCUT2D eigenvalue weighted by atomic mass is 10.1. The summed E-state index contributed by atoms with van der Waals surface area (Å²) < 4.78 is 0. The van der Waals surface area contributed by atoms with Gasteiger partial charge in [0, 0.05) is 19.6 Å². The monoisotopic (exact) mass is 232 g/mol. The Morgan fingerprint density at radius 1 is 1.24 bits per heavy atom. The van der Waals surface area contributed by atoms with Crippen molar-refractivity contribution in [2.45, 2.75) is 25.9 Å². The van der Waals surface area contributed by atoms with E-state index in [9.17, 15) is 4.79 Å². The molecular weight excluding hydrogens is 212 g/mol. The number of carbonyl (C=O) groups excluding carboxylic acids is 1. The highest BCUT2D eigenvalue weighted by atomic mass is 16.2. The Kier molecular flexibility index (Phi) is 3.79. The summed E-state index contributed by atoms with van der Waals surface area (Å²) in [6.45, 7) is 4.62. The van der Waals surface area contributed by atoms with E-state index in [2.05, 4.69) is 24.0 Å². The van der Waals surface area contributed by atoms with Gasteiger partial charge in [-0.1, -0.05) is 37.3 Å². The third-order valence-corrected chi connectivity index (χ3v) is 3.45. The van der Waals surface area contributed by atoms with E-state index in [1.807, 2.05) is 30.1 Å². The van der Waals surface area contributed by atoms with Gasteiger partial charge in [0.25, 0.3) is 0 Å². The number of amides is 1. The van der Waals surface area contributed by atoms with Crippen molar-refractivity contribution in [2.75, 3.05) is 20.1 Å². The molecule has 0 N–H and O–H groups in total. The molecule has 1 aliphatic rings. The molecule has 17 heavy (non-hydrogen) atoms. The maximum atomic E-state index is 12.3. The van der Waals surface area contributed by atoms with Gasteiger partial charge in [-0.05, 0) is 19.0 Å². The Morgan fingerprint density at radius 3 is 2.59 bits per heavy atom. The van der Waals surface area contributed by atoms with Gasteiger partial charge in [-0.2, -0.15) is 0 Å². The normalized spacial score (nSPS) is 21.9. The van der Waals surface area contributed by atoms with Crippen molar-refractivity contribution < 1.29 is 4.79 Å². The molecule has 1 heterocycles. The predicted octanol–water partition coefficient (Wildman–Crippen LogP) is 1.74. The lowest BCUT2D eigenvalue weighted by Crippen LogP contribution is -2.54. The molecule has 1 fully saturated rings. The molecule has 1 amide bonds. The van der Waals surface area contributed by atoms with Crippen molar-refractivity contribution in [1.82, 2.24) is 9.80 Å². The minimum atomic E-state index is 0.0625.